The van der Waals surface area contributed by atoms with E-state index in [1.807, 2.05) is 18.2 Å². The van der Waals surface area contributed by atoms with Crippen molar-refractivity contribution in [2.75, 3.05) is 26.6 Å². The van der Waals surface area contributed by atoms with Gasteiger partial charge >= 0.3 is 5.97 Å². The van der Waals surface area contributed by atoms with Crippen LogP contribution in [0.4, 0.5) is 0 Å². The molecule has 1 amide bonds. The number of nitrogens with zero attached hydrogens (tertiary/aromatic N) is 2. The number of thioether (sulfide) groups is 1. The minimum Gasteiger partial charge on any atom is -0.493 e. The molecule has 0 saturated carbocycles. The Bertz CT molecular complexity index is 894. The van der Waals surface area contributed by atoms with E-state index >= 15 is 0 Å². The van der Waals surface area contributed by atoms with Crippen molar-refractivity contribution >= 4 is 28.8 Å². The molecule has 2 heterocycles. The molecule has 2 aliphatic heterocycles. The van der Waals surface area contributed by atoms with Crippen molar-refractivity contribution in [3.63, 3.8) is 0 Å². The number of carbonyl (C=O) groups is 2. The Labute approximate surface area is 181 Å². The lowest BCUT2D eigenvalue weighted by Gasteiger charge is -2.38. The van der Waals surface area contributed by atoms with Gasteiger partial charge in [0.05, 0.1) is 38.1 Å². The molecular weight excluding hydrogens is 404 g/mol. The fourth-order valence-corrected chi connectivity index (χ4v) is 4.47. The lowest BCUT2D eigenvalue weighted by Crippen LogP contribution is -2.45. The van der Waals surface area contributed by atoms with E-state index in [9.17, 15) is 9.59 Å². The van der Waals surface area contributed by atoms with Crippen LogP contribution in [-0.4, -0.2) is 48.5 Å². The van der Waals surface area contributed by atoms with Gasteiger partial charge in [-0.1, -0.05) is 31.7 Å². The number of methoxy groups -OCH3 is 2. The van der Waals surface area contributed by atoms with Gasteiger partial charge in [0.2, 0.25) is 5.91 Å². The van der Waals surface area contributed by atoms with Crippen molar-refractivity contribution in [3.8, 4) is 11.5 Å². The second-order valence-electron chi connectivity index (χ2n) is 7.59. The van der Waals surface area contributed by atoms with Crippen LogP contribution in [0, 0.1) is 5.92 Å². The molecule has 0 radical (unpaired) electrons. The molecule has 0 unspecified atom stereocenters. The monoisotopic (exact) mass is 432 g/mol. The number of carbonyl (C=O) groups excluding carboxylic acids is 2. The van der Waals surface area contributed by atoms with Gasteiger partial charge < -0.3 is 14.2 Å². The zero-order valence-electron chi connectivity index (χ0n) is 18.1. The number of fused-ring (bicyclic) bond motifs is 1. The average molecular weight is 433 g/mol. The summed E-state index contributed by atoms with van der Waals surface area (Å²) >= 11 is 1.51. The standard InChI is InChI=1S/C22H28N2O5S/c1-13(2)8-10-29-16-7-6-15(12-17(16)27-4)20-19(21(26)28-5)14(3)23-22-24(20)18(25)9-11-30-22/h6-7,12-13,20H,8-11H2,1-5H3/t20-/m0/s1. The fraction of sp³-hybridized carbons (Fsp3) is 0.500. The molecule has 1 aromatic carbocycles. The van der Waals surface area contributed by atoms with Crippen LogP contribution in [0.25, 0.3) is 0 Å². The third kappa shape index (κ3) is 4.48. The van der Waals surface area contributed by atoms with Crippen molar-refractivity contribution in [3.05, 3.63) is 35.0 Å². The van der Waals surface area contributed by atoms with Gasteiger partial charge in [0.1, 0.15) is 0 Å². The molecule has 0 aromatic heterocycles. The first-order valence-electron chi connectivity index (χ1n) is 10.0. The third-order valence-electron chi connectivity index (χ3n) is 5.07. The Kier molecular flexibility index (Phi) is 7.07. The molecule has 7 nitrogen and oxygen atoms in total. The highest BCUT2D eigenvalue weighted by Crippen LogP contribution is 2.42. The number of ether oxygens (including phenoxy) is 3. The molecule has 162 valence electrons. The molecule has 1 aromatic rings. The number of hydrogen-bond donors (Lipinski definition) is 0. The number of benzene rings is 1. The largest absolute Gasteiger partial charge is 0.493 e. The maximum atomic E-state index is 12.8. The number of allylic oxidation sites excluding steroid dienone is 1. The molecule has 0 N–H and O–H groups in total. The summed E-state index contributed by atoms with van der Waals surface area (Å²) in [6.07, 6.45) is 1.32. The number of aliphatic imine (C=N–C) groups is 1. The lowest BCUT2D eigenvalue weighted by molar-refractivity contribution is -0.137. The molecule has 0 spiro atoms. The van der Waals surface area contributed by atoms with Gasteiger partial charge in [0, 0.05) is 12.2 Å². The molecule has 30 heavy (non-hydrogen) atoms. The fourth-order valence-electron chi connectivity index (χ4n) is 3.46. The summed E-state index contributed by atoms with van der Waals surface area (Å²) in [6, 6.07) is 4.89. The maximum absolute atomic E-state index is 12.8. The number of hydrogen-bond acceptors (Lipinski definition) is 7. The second-order valence-corrected chi connectivity index (χ2v) is 8.65. The first kappa shape index (κ1) is 22.2. The maximum Gasteiger partial charge on any atom is 0.338 e. The Hall–Kier alpha value is -2.48. The zero-order chi connectivity index (χ0) is 21.8. The summed E-state index contributed by atoms with van der Waals surface area (Å²) in [6.45, 7) is 6.64. The summed E-state index contributed by atoms with van der Waals surface area (Å²) in [7, 11) is 2.91. The van der Waals surface area contributed by atoms with Gasteiger partial charge in [-0.05, 0) is 37.0 Å². The van der Waals surface area contributed by atoms with E-state index in [0.717, 1.165) is 12.0 Å². The van der Waals surface area contributed by atoms with E-state index in [-0.39, 0.29) is 5.91 Å². The van der Waals surface area contributed by atoms with Gasteiger partial charge in [0.25, 0.3) is 0 Å². The van der Waals surface area contributed by atoms with Crippen LogP contribution in [0.3, 0.4) is 0 Å². The van der Waals surface area contributed by atoms with Crippen LogP contribution in [0.1, 0.15) is 45.2 Å². The van der Waals surface area contributed by atoms with Crippen LogP contribution in [-0.2, 0) is 14.3 Å². The molecule has 1 atom stereocenters. The Morgan fingerprint density at radius 1 is 1.30 bits per heavy atom. The highest BCUT2D eigenvalue weighted by atomic mass is 32.2. The van der Waals surface area contributed by atoms with Crippen molar-refractivity contribution in [2.45, 2.75) is 39.7 Å². The molecule has 2 aliphatic rings. The Morgan fingerprint density at radius 3 is 2.73 bits per heavy atom. The Morgan fingerprint density at radius 2 is 2.07 bits per heavy atom. The van der Waals surface area contributed by atoms with Crippen molar-refractivity contribution in [1.29, 1.82) is 0 Å². The molecule has 1 saturated heterocycles. The molecule has 1 fully saturated rings. The predicted octanol–water partition coefficient (Wildman–Crippen LogP) is 3.94. The molecule has 0 bridgehead atoms. The van der Waals surface area contributed by atoms with Gasteiger partial charge in [-0.2, -0.15) is 0 Å². The molecule has 0 aliphatic carbocycles. The topological polar surface area (TPSA) is 77.4 Å². The van der Waals surface area contributed by atoms with E-state index in [1.165, 1.54) is 18.9 Å². The van der Waals surface area contributed by atoms with Crippen LogP contribution in [0.5, 0.6) is 11.5 Å². The minimum absolute atomic E-state index is 0.0670. The van der Waals surface area contributed by atoms with Crippen molar-refractivity contribution in [2.24, 2.45) is 10.9 Å². The quantitative estimate of drug-likeness (QED) is 0.608. The summed E-state index contributed by atoms with van der Waals surface area (Å²) < 4.78 is 16.5. The minimum atomic E-state index is -0.621. The normalized spacial score (nSPS) is 18.9. The van der Waals surface area contributed by atoms with Crippen molar-refractivity contribution < 1.29 is 23.8 Å². The van der Waals surface area contributed by atoms with Crippen LogP contribution < -0.4 is 9.47 Å². The molecule has 3 rings (SSSR count). The number of amidine groups is 1. The zero-order valence-corrected chi connectivity index (χ0v) is 18.9. The Balaban J connectivity index is 2.02. The van der Waals surface area contributed by atoms with Gasteiger partial charge in [-0.3, -0.25) is 9.69 Å². The van der Waals surface area contributed by atoms with E-state index < -0.39 is 12.0 Å². The first-order valence-corrected chi connectivity index (χ1v) is 11.0. The summed E-state index contributed by atoms with van der Waals surface area (Å²) in [5.41, 5.74) is 1.65. The van der Waals surface area contributed by atoms with E-state index in [0.29, 0.717) is 52.6 Å². The first-order chi connectivity index (χ1) is 14.4. The average Bonchev–Trinajstić information content (AvgIpc) is 2.72. The van der Waals surface area contributed by atoms with Gasteiger partial charge in [-0.15, -0.1) is 0 Å². The summed E-state index contributed by atoms with van der Waals surface area (Å²) in [5, 5.41) is 0.609. The molecule has 8 heteroatoms. The van der Waals surface area contributed by atoms with E-state index in [1.54, 1.807) is 18.9 Å². The van der Waals surface area contributed by atoms with E-state index in [4.69, 9.17) is 14.2 Å². The van der Waals surface area contributed by atoms with E-state index in [2.05, 4.69) is 18.8 Å². The van der Waals surface area contributed by atoms with Gasteiger partial charge in [-0.25, -0.2) is 9.79 Å². The number of amides is 1. The predicted molar refractivity (Wildman–Crippen MR) is 117 cm³/mol. The van der Waals surface area contributed by atoms with Crippen LogP contribution in [0.2, 0.25) is 0 Å². The highest BCUT2D eigenvalue weighted by molar-refractivity contribution is 8.14. The second kappa shape index (κ2) is 9.55. The summed E-state index contributed by atoms with van der Waals surface area (Å²) in [5.74, 6) is 1.83. The van der Waals surface area contributed by atoms with Crippen LogP contribution >= 0.6 is 11.8 Å². The highest BCUT2D eigenvalue weighted by Gasteiger charge is 2.41. The summed E-state index contributed by atoms with van der Waals surface area (Å²) in [4.78, 5) is 31.5. The van der Waals surface area contributed by atoms with Crippen molar-refractivity contribution in [1.82, 2.24) is 4.90 Å². The number of esters is 1. The third-order valence-corrected chi connectivity index (χ3v) is 6.02. The SMILES string of the molecule is COC(=O)C1=C(C)N=C2SCCC(=O)N2[C@H]1c1ccc(OCCC(C)C)c(OC)c1. The molecular formula is C22H28N2O5S. The van der Waals surface area contributed by atoms with Gasteiger partial charge in [0.15, 0.2) is 16.7 Å². The lowest BCUT2D eigenvalue weighted by atomic mass is 9.94. The smallest absolute Gasteiger partial charge is 0.338 e. The number of rotatable bonds is 7. The van der Waals surface area contributed by atoms with Crippen LogP contribution in [0.15, 0.2) is 34.5 Å².